The van der Waals surface area contributed by atoms with Crippen molar-refractivity contribution in [2.45, 2.75) is 62.8 Å². The maximum absolute atomic E-state index is 13.1. The quantitative estimate of drug-likeness (QED) is 0.391. The molecule has 6 aliphatic rings. The molecule has 4 bridgehead atoms. The number of amides is 2. The molecule has 0 aliphatic carbocycles. The fraction of sp³-hybridized carbons (Fsp3) is 0.562. The highest BCUT2D eigenvalue weighted by Crippen LogP contribution is 2.37. The van der Waals surface area contributed by atoms with E-state index in [-0.39, 0.29) is 18.1 Å². The summed E-state index contributed by atoms with van der Waals surface area (Å²) in [6, 6.07) is 9.69. The van der Waals surface area contributed by atoms with E-state index in [1.807, 2.05) is 23.4 Å². The third kappa shape index (κ3) is 4.86. The number of carbonyl (C=O) groups excluding carboxylic acids is 1. The Balaban J connectivity index is 0.951. The molecule has 9 rings (SSSR count). The number of nitriles is 1. The van der Waals surface area contributed by atoms with Crippen LogP contribution in [-0.2, 0) is 4.74 Å². The minimum absolute atomic E-state index is 0.224. The maximum Gasteiger partial charge on any atom is 0.320 e. The zero-order valence-corrected chi connectivity index (χ0v) is 24.5. The van der Waals surface area contributed by atoms with Crippen LogP contribution in [0.15, 0.2) is 36.8 Å². The number of aromatic nitrogens is 3. The van der Waals surface area contributed by atoms with Gasteiger partial charge in [0.15, 0.2) is 0 Å². The number of likely N-dealkylation sites (tertiary alicyclic amines) is 2. The van der Waals surface area contributed by atoms with E-state index in [1.165, 1.54) is 6.42 Å². The van der Waals surface area contributed by atoms with E-state index in [0.717, 1.165) is 106 Å². The second-order valence-corrected chi connectivity index (χ2v) is 12.7. The minimum Gasteiger partial charge on any atom is -0.492 e. The van der Waals surface area contributed by atoms with Crippen LogP contribution in [-0.4, -0.2) is 112 Å². The summed E-state index contributed by atoms with van der Waals surface area (Å²) >= 11 is 0. The van der Waals surface area contributed by atoms with E-state index in [4.69, 9.17) is 14.5 Å². The molecule has 6 fully saturated rings. The smallest absolute Gasteiger partial charge is 0.320 e. The number of nitrogens with zero attached hydrogens (tertiary/aromatic N) is 8. The van der Waals surface area contributed by atoms with E-state index >= 15 is 0 Å². The summed E-state index contributed by atoms with van der Waals surface area (Å²) in [5, 5.41) is 14.2. The highest BCUT2D eigenvalue weighted by atomic mass is 16.5. The summed E-state index contributed by atoms with van der Waals surface area (Å²) in [4.78, 5) is 27.0. The number of carbonyl (C=O) groups is 1. The first-order valence-corrected chi connectivity index (χ1v) is 15.8. The van der Waals surface area contributed by atoms with E-state index in [9.17, 15) is 10.1 Å². The van der Waals surface area contributed by atoms with Crippen molar-refractivity contribution in [3.05, 3.63) is 42.4 Å². The standard InChI is InChI=1S/C32H38N8O3/c33-14-23-16-35-39-20-28(42-10-4-9-37-19-27-12-26(37)21-43-27)13-29(31(23)39)22-5-6-30(34-15-22)38-17-24-11-25(18-38)40(24)32(41)36-7-2-1-3-8-36/h5-6,13,15-16,20,24-27H,1-4,7-12,17-19,21H2/t24?,25?,26?,27-/m0/s1. The first kappa shape index (κ1) is 26.7. The molecule has 11 heteroatoms. The van der Waals surface area contributed by atoms with Gasteiger partial charge in [0.25, 0.3) is 0 Å². The second kappa shape index (κ2) is 11.0. The maximum atomic E-state index is 13.1. The van der Waals surface area contributed by atoms with Crippen molar-refractivity contribution in [2.75, 3.05) is 57.4 Å². The van der Waals surface area contributed by atoms with Crippen LogP contribution in [0.2, 0.25) is 0 Å². The lowest BCUT2D eigenvalue weighted by Crippen LogP contribution is -2.72. The van der Waals surface area contributed by atoms with Gasteiger partial charge in [0.1, 0.15) is 17.6 Å². The van der Waals surface area contributed by atoms with E-state index in [2.05, 4.69) is 38.0 Å². The third-order valence-corrected chi connectivity index (χ3v) is 10.0. The lowest BCUT2D eigenvalue weighted by Gasteiger charge is -2.57. The average Bonchev–Trinajstić information content (AvgIpc) is 3.79. The van der Waals surface area contributed by atoms with Crippen molar-refractivity contribution >= 4 is 17.4 Å². The zero-order chi connectivity index (χ0) is 28.9. The average molecular weight is 583 g/mol. The SMILES string of the molecule is N#Cc1cnn2cc(OCCCN3C[C@@H]4CC3CO4)cc(-c3ccc(N4CC5CC(C4)N5C(=O)N4CCCCC4)nc3)c12. The number of morpholine rings is 1. The second-order valence-electron chi connectivity index (χ2n) is 12.7. The molecule has 3 unspecified atom stereocenters. The summed E-state index contributed by atoms with van der Waals surface area (Å²) in [7, 11) is 0. The van der Waals surface area contributed by atoms with Crippen molar-refractivity contribution in [3.63, 3.8) is 0 Å². The number of pyridine rings is 2. The monoisotopic (exact) mass is 582 g/mol. The van der Waals surface area contributed by atoms with Crippen LogP contribution in [0.3, 0.4) is 0 Å². The van der Waals surface area contributed by atoms with Gasteiger partial charge in [-0.05, 0) is 56.7 Å². The van der Waals surface area contributed by atoms with Crippen LogP contribution < -0.4 is 9.64 Å². The van der Waals surface area contributed by atoms with Gasteiger partial charge < -0.3 is 24.2 Å². The van der Waals surface area contributed by atoms with Crippen LogP contribution >= 0.6 is 0 Å². The molecule has 4 atom stereocenters. The lowest BCUT2D eigenvalue weighted by atomic mass is 9.87. The fourth-order valence-electron chi connectivity index (χ4n) is 7.78. The van der Waals surface area contributed by atoms with Gasteiger partial charge in [-0.3, -0.25) is 4.90 Å². The Labute approximate surface area is 251 Å². The highest BCUT2D eigenvalue weighted by Gasteiger charge is 2.48. The van der Waals surface area contributed by atoms with Crippen LogP contribution in [0.1, 0.15) is 44.1 Å². The summed E-state index contributed by atoms with van der Waals surface area (Å²) in [5.74, 6) is 1.64. The molecule has 2 amide bonds. The zero-order valence-electron chi connectivity index (χ0n) is 24.5. The molecule has 3 aromatic rings. The number of piperidine rings is 2. The van der Waals surface area contributed by atoms with Crippen LogP contribution in [0.25, 0.3) is 16.6 Å². The molecule has 0 aromatic carbocycles. The summed E-state index contributed by atoms with van der Waals surface area (Å²) in [6.45, 7) is 6.90. The molecule has 11 nitrogen and oxygen atoms in total. The molecule has 43 heavy (non-hydrogen) atoms. The Hall–Kier alpha value is -3.88. The van der Waals surface area contributed by atoms with Gasteiger partial charge in [0.05, 0.1) is 54.9 Å². The van der Waals surface area contributed by atoms with Crippen molar-refractivity contribution in [2.24, 2.45) is 0 Å². The van der Waals surface area contributed by atoms with Crippen LogP contribution in [0.5, 0.6) is 5.75 Å². The number of hydrogen-bond acceptors (Lipinski definition) is 8. The fourth-order valence-corrected chi connectivity index (χ4v) is 7.78. The molecule has 0 spiro atoms. The lowest BCUT2D eigenvalue weighted by molar-refractivity contribution is 0.0161. The van der Waals surface area contributed by atoms with E-state index in [0.29, 0.717) is 24.3 Å². The van der Waals surface area contributed by atoms with Gasteiger partial charge in [-0.15, -0.1) is 0 Å². The number of fused-ring (bicyclic) bond motifs is 5. The molecule has 0 saturated carbocycles. The molecule has 9 heterocycles. The van der Waals surface area contributed by atoms with Gasteiger partial charge in [-0.1, -0.05) is 0 Å². The summed E-state index contributed by atoms with van der Waals surface area (Å²) in [6.07, 6.45) is 12.4. The summed E-state index contributed by atoms with van der Waals surface area (Å²) < 4.78 is 13.7. The van der Waals surface area contributed by atoms with Gasteiger partial charge in [-0.25, -0.2) is 14.3 Å². The first-order valence-electron chi connectivity index (χ1n) is 15.8. The Morgan fingerprint density at radius 1 is 1.07 bits per heavy atom. The predicted molar refractivity (Wildman–Crippen MR) is 160 cm³/mol. The van der Waals surface area contributed by atoms with Crippen LogP contribution in [0.4, 0.5) is 10.6 Å². The predicted octanol–water partition coefficient (Wildman–Crippen LogP) is 3.38. The van der Waals surface area contributed by atoms with Gasteiger partial charge in [0.2, 0.25) is 0 Å². The molecule has 3 aromatic heterocycles. The third-order valence-electron chi connectivity index (χ3n) is 10.0. The number of anilines is 1. The molecule has 0 radical (unpaired) electrons. The van der Waals surface area contributed by atoms with Crippen molar-refractivity contribution in [1.82, 2.24) is 29.3 Å². The normalized spacial score (nSPS) is 26.5. The molecule has 6 aliphatic heterocycles. The van der Waals surface area contributed by atoms with Gasteiger partial charge >= 0.3 is 6.03 Å². The molecule has 6 saturated heterocycles. The first-order chi connectivity index (χ1) is 21.1. The van der Waals surface area contributed by atoms with Crippen molar-refractivity contribution in [3.8, 4) is 22.9 Å². The number of urea groups is 1. The van der Waals surface area contributed by atoms with Crippen molar-refractivity contribution < 1.29 is 14.3 Å². The highest BCUT2D eigenvalue weighted by molar-refractivity contribution is 5.85. The Bertz CT molecular complexity index is 1530. The molecular formula is C32H38N8O3. The minimum atomic E-state index is 0.224. The van der Waals surface area contributed by atoms with Crippen LogP contribution in [0, 0.1) is 11.3 Å². The van der Waals surface area contributed by atoms with Gasteiger partial charge in [0, 0.05) is 62.6 Å². The van der Waals surface area contributed by atoms with Crippen molar-refractivity contribution in [1.29, 1.82) is 5.26 Å². The van der Waals surface area contributed by atoms with E-state index in [1.54, 1.807) is 10.7 Å². The molecule has 0 N–H and O–H groups in total. The molecule has 224 valence electrons. The number of rotatable bonds is 7. The Morgan fingerprint density at radius 2 is 1.93 bits per heavy atom. The number of ether oxygens (including phenoxy) is 2. The molecular weight excluding hydrogens is 544 g/mol. The largest absolute Gasteiger partial charge is 0.492 e. The summed E-state index contributed by atoms with van der Waals surface area (Å²) in [5.41, 5.74) is 3.06. The topological polar surface area (TPSA) is 102 Å². The number of piperazine rings is 1. The van der Waals surface area contributed by atoms with E-state index < -0.39 is 0 Å². The number of hydrogen-bond donors (Lipinski definition) is 0. The van der Waals surface area contributed by atoms with Gasteiger partial charge in [-0.2, -0.15) is 10.4 Å². The Morgan fingerprint density at radius 3 is 2.65 bits per heavy atom. The Kier molecular flexibility index (Phi) is 6.83.